The standard InChI is InChI=1S/C16H31N5O7S/c1-16(2,3)28-15(23)18-7-4-5-13-29(24,25)20-14(22)6-9-26-11-12-27-10-8-19-21-17/h4-13H2,1-3H3,(H,18,23)(H,20,22). The van der Waals surface area contributed by atoms with Gasteiger partial charge in [0, 0.05) is 18.0 Å². The number of carbonyl (C=O) groups excluding carboxylic acids is 2. The van der Waals surface area contributed by atoms with Crippen LogP contribution in [0.2, 0.25) is 0 Å². The van der Waals surface area contributed by atoms with Crippen molar-refractivity contribution in [2.75, 3.05) is 45.3 Å². The smallest absolute Gasteiger partial charge is 0.407 e. The molecule has 0 heterocycles. The van der Waals surface area contributed by atoms with Gasteiger partial charge in [-0.3, -0.25) is 9.52 Å². The van der Waals surface area contributed by atoms with E-state index in [0.29, 0.717) is 6.42 Å². The highest BCUT2D eigenvalue weighted by Gasteiger charge is 2.16. The van der Waals surface area contributed by atoms with Gasteiger partial charge in [0.15, 0.2) is 0 Å². The quantitative estimate of drug-likeness (QED) is 0.169. The van der Waals surface area contributed by atoms with E-state index >= 15 is 0 Å². The molecule has 0 aliphatic heterocycles. The van der Waals surface area contributed by atoms with Crippen LogP contribution in [-0.2, 0) is 29.0 Å². The highest BCUT2D eigenvalue weighted by atomic mass is 32.2. The zero-order chi connectivity index (χ0) is 22.2. The number of ether oxygens (including phenoxy) is 3. The first-order valence-corrected chi connectivity index (χ1v) is 10.9. The average Bonchev–Trinajstić information content (AvgIpc) is 2.58. The third kappa shape index (κ3) is 19.0. The summed E-state index contributed by atoms with van der Waals surface area (Å²) in [6, 6.07) is 0. The molecule has 0 radical (unpaired) electrons. The van der Waals surface area contributed by atoms with Crippen LogP contribution >= 0.6 is 0 Å². The first-order chi connectivity index (χ1) is 13.6. The molecule has 0 aliphatic carbocycles. The second-order valence-electron chi connectivity index (χ2n) is 6.91. The van der Waals surface area contributed by atoms with Gasteiger partial charge in [0.2, 0.25) is 15.9 Å². The van der Waals surface area contributed by atoms with E-state index in [4.69, 9.17) is 19.7 Å². The minimum absolute atomic E-state index is 0.0564. The number of unbranched alkanes of at least 4 members (excludes halogenated alkanes) is 1. The van der Waals surface area contributed by atoms with E-state index in [1.807, 2.05) is 4.72 Å². The van der Waals surface area contributed by atoms with Crippen LogP contribution < -0.4 is 10.0 Å². The topological polar surface area (TPSA) is 169 Å². The molecule has 0 aliphatic rings. The van der Waals surface area contributed by atoms with Gasteiger partial charge in [-0.1, -0.05) is 5.11 Å². The predicted molar refractivity (Wildman–Crippen MR) is 106 cm³/mol. The van der Waals surface area contributed by atoms with Crippen LogP contribution in [0, 0.1) is 0 Å². The van der Waals surface area contributed by atoms with E-state index < -0.39 is 27.6 Å². The fraction of sp³-hybridized carbons (Fsp3) is 0.875. The highest BCUT2D eigenvalue weighted by molar-refractivity contribution is 7.90. The Morgan fingerprint density at radius 3 is 2.34 bits per heavy atom. The lowest BCUT2D eigenvalue weighted by atomic mass is 10.2. The van der Waals surface area contributed by atoms with Crippen LogP contribution in [0.1, 0.15) is 40.0 Å². The Morgan fingerprint density at radius 1 is 1.07 bits per heavy atom. The minimum Gasteiger partial charge on any atom is -0.444 e. The second-order valence-corrected chi connectivity index (χ2v) is 8.75. The summed E-state index contributed by atoms with van der Waals surface area (Å²) in [7, 11) is -3.73. The van der Waals surface area contributed by atoms with E-state index in [0.717, 1.165) is 0 Å². The van der Waals surface area contributed by atoms with Crippen LogP contribution in [0.3, 0.4) is 0 Å². The molecular formula is C16H31N5O7S. The van der Waals surface area contributed by atoms with Gasteiger partial charge in [-0.15, -0.1) is 0 Å². The lowest BCUT2D eigenvalue weighted by Gasteiger charge is -2.19. The summed E-state index contributed by atoms with van der Waals surface area (Å²) in [6.45, 7) is 6.59. The van der Waals surface area contributed by atoms with E-state index in [2.05, 4.69) is 15.3 Å². The summed E-state index contributed by atoms with van der Waals surface area (Å²) in [6.07, 6.45) is 0.0481. The van der Waals surface area contributed by atoms with E-state index in [9.17, 15) is 18.0 Å². The van der Waals surface area contributed by atoms with Crippen LogP contribution in [0.25, 0.3) is 10.4 Å². The molecule has 29 heavy (non-hydrogen) atoms. The largest absolute Gasteiger partial charge is 0.444 e. The number of carbonyl (C=O) groups is 2. The number of rotatable bonds is 15. The van der Waals surface area contributed by atoms with Gasteiger partial charge >= 0.3 is 6.09 Å². The summed E-state index contributed by atoms with van der Waals surface area (Å²) in [5.74, 6) is -0.879. The van der Waals surface area contributed by atoms with Gasteiger partial charge in [0.25, 0.3) is 0 Å². The van der Waals surface area contributed by atoms with E-state index in [1.165, 1.54) is 0 Å². The Balaban J connectivity index is 3.76. The molecule has 0 saturated carbocycles. The van der Waals surface area contributed by atoms with Gasteiger partial charge in [-0.2, -0.15) is 0 Å². The predicted octanol–water partition coefficient (Wildman–Crippen LogP) is 1.47. The molecule has 0 spiro atoms. The molecule has 0 aromatic carbocycles. The van der Waals surface area contributed by atoms with E-state index in [1.54, 1.807) is 20.8 Å². The molecule has 0 aromatic heterocycles. The highest BCUT2D eigenvalue weighted by Crippen LogP contribution is 2.06. The number of azide groups is 1. The van der Waals surface area contributed by atoms with Gasteiger partial charge < -0.3 is 19.5 Å². The molecule has 12 nitrogen and oxygen atoms in total. The normalized spacial score (nSPS) is 11.4. The van der Waals surface area contributed by atoms with Gasteiger partial charge in [0.05, 0.1) is 38.6 Å². The van der Waals surface area contributed by atoms with Gasteiger partial charge in [0.1, 0.15) is 5.60 Å². The van der Waals surface area contributed by atoms with Gasteiger partial charge in [-0.05, 0) is 39.1 Å². The molecule has 0 atom stereocenters. The molecular weight excluding hydrogens is 406 g/mol. The fourth-order valence-electron chi connectivity index (χ4n) is 1.83. The van der Waals surface area contributed by atoms with Crippen molar-refractivity contribution in [3.05, 3.63) is 10.4 Å². The van der Waals surface area contributed by atoms with Crippen molar-refractivity contribution >= 4 is 22.0 Å². The van der Waals surface area contributed by atoms with Crippen LogP contribution in [0.5, 0.6) is 0 Å². The number of hydrogen-bond donors (Lipinski definition) is 2. The number of amides is 2. The molecule has 2 amide bonds. The maximum absolute atomic E-state index is 11.8. The minimum atomic E-state index is -3.73. The molecule has 0 fully saturated rings. The Morgan fingerprint density at radius 2 is 1.72 bits per heavy atom. The Hall–Kier alpha value is -2.08. The fourth-order valence-corrected chi connectivity index (χ4v) is 2.97. The molecule has 168 valence electrons. The molecule has 13 heteroatoms. The zero-order valence-electron chi connectivity index (χ0n) is 17.2. The van der Waals surface area contributed by atoms with Crippen molar-refractivity contribution < 1.29 is 32.2 Å². The molecule has 0 saturated heterocycles. The summed E-state index contributed by atoms with van der Waals surface area (Å²) in [5.41, 5.74) is 7.48. The van der Waals surface area contributed by atoms with Crippen molar-refractivity contribution in [1.82, 2.24) is 10.0 Å². The van der Waals surface area contributed by atoms with Crippen LogP contribution in [-0.4, -0.2) is 71.3 Å². The summed E-state index contributed by atoms with van der Waals surface area (Å²) >= 11 is 0. The summed E-state index contributed by atoms with van der Waals surface area (Å²) in [4.78, 5) is 25.7. The molecule has 2 N–H and O–H groups in total. The molecule has 0 rings (SSSR count). The second kappa shape index (κ2) is 14.9. The van der Waals surface area contributed by atoms with Crippen molar-refractivity contribution in [2.45, 2.75) is 45.6 Å². The lowest BCUT2D eigenvalue weighted by molar-refractivity contribution is -0.120. The molecule has 0 aromatic rings. The first kappa shape index (κ1) is 26.9. The Kier molecular flexibility index (Phi) is 13.8. The Bertz CT molecular complexity index is 643. The number of alkyl carbamates (subject to hydrolysis) is 1. The third-order valence-electron chi connectivity index (χ3n) is 3.02. The third-order valence-corrected chi connectivity index (χ3v) is 4.39. The average molecular weight is 438 g/mol. The van der Waals surface area contributed by atoms with Crippen molar-refractivity contribution in [3.63, 3.8) is 0 Å². The Labute approximate surface area is 171 Å². The SMILES string of the molecule is CC(C)(C)OC(=O)NCCCCS(=O)(=O)NC(=O)CCOCCOCCN=[N+]=[N-]. The summed E-state index contributed by atoms with van der Waals surface area (Å²) in [5, 5.41) is 5.83. The summed E-state index contributed by atoms with van der Waals surface area (Å²) < 4.78 is 41.0. The number of nitrogens with zero attached hydrogens (tertiary/aromatic N) is 3. The molecule has 0 bridgehead atoms. The monoisotopic (exact) mass is 437 g/mol. The number of hydrogen-bond acceptors (Lipinski definition) is 8. The lowest BCUT2D eigenvalue weighted by Crippen LogP contribution is -2.34. The van der Waals surface area contributed by atoms with Crippen molar-refractivity contribution in [1.29, 1.82) is 0 Å². The van der Waals surface area contributed by atoms with Crippen LogP contribution in [0.15, 0.2) is 5.11 Å². The van der Waals surface area contributed by atoms with Crippen molar-refractivity contribution in [2.24, 2.45) is 5.11 Å². The first-order valence-electron chi connectivity index (χ1n) is 9.22. The maximum atomic E-state index is 11.8. The number of nitrogens with one attached hydrogen (secondary N) is 2. The number of sulfonamides is 1. The molecule has 0 unspecified atom stereocenters. The van der Waals surface area contributed by atoms with Crippen LogP contribution in [0.4, 0.5) is 4.79 Å². The van der Waals surface area contributed by atoms with Crippen molar-refractivity contribution in [3.8, 4) is 0 Å². The van der Waals surface area contributed by atoms with E-state index in [-0.39, 0.29) is 58.1 Å². The maximum Gasteiger partial charge on any atom is 0.407 e. The van der Waals surface area contributed by atoms with Gasteiger partial charge in [-0.25, -0.2) is 13.2 Å². The zero-order valence-corrected chi connectivity index (χ0v) is 18.0.